The molecule has 98 valence electrons. The van der Waals surface area contributed by atoms with Gasteiger partial charge < -0.3 is 11.1 Å². The van der Waals surface area contributed by atoms with E-state index in [2.05, 4.69) is 40.3 Å². The van der Waals surface area contributed by atoms with E-state index in [1.165, 1.54) is 34.3 Å². The van der Waals surface area contributed by atoms with Crippen molar-refractivity contribution in [2.75, 3.05) is 13.1 Å². The molecule has 0 spiro atoms. The highest BCUT2D eigenvalue weighted by atomic mass is 79.9. The van der Waals surface area contributed by atoms with E-state index in [0.29, 0.717) is 0 Å². The van der Waals surface area contributed by atoms with E-state index in [1.54, 1.807) is 11.3 Å². The lowest BCUT2D eigenvalue weighted by molar-refractivity contribution is 0.422. The highest BCUT2D eigenvalue weighted by molar-refractivity contribution is 9.11. The van der Waals surface area contributed by atoms with Crippen LogP contribution in [0, 0.1) is 5.92 Å². The van der Waals surface area contributed by atoms with Crippen molar-refractivity contribution in [2.45, 2.75) is 39.2 Å². The summed E-state index contributed by atoms with van der Waals surface area (Å²) in [6.07, 6.45) is 4.99. The van der Waals surface area contributed by atoms with E-state index in [4.69, 9.17) is 5.73 Å². The molecule has 0 aliphatic heterocycles. The fourth-order valence-corrected chi connectivity index (χ4v) is 3.42. The minimum atomic E-state index is 0.817. The van der Waals surface area contributed by atoms with Crippen molar-refractivity contribution in [1.82, 2.24) is 5.32 Å². The van der Waals surface area contributed by atoms with Gasteiger partial charge in [-0.15, -0.1) is 11.3 Å². The molecular formula is C13H23BrN2S. The van der Waals surface area contributed by atoms with Crippen molar-refractivity contribution in [3.8, 4) is 0 Å². The van der Waals surface area contributed by atoms with Gasteiger partial charge in [0, 0.05) is 11.4 Å². The number of nitrogens with one attached hydrogen (secondary N) is 1. The molecule has 2 nitrogen and oxygen atoms in total. The fraction of sp³-hybridized carbons (Fsp3) is 0.692. The Labute approximate surface area is 117 Å². The summed E-state index contributed by atoms with van der Waals surface area (Å²) in [6.45, 7) is 5.19. The smallest absolute Gasteiger partial charge is 0.0701 e. The fourth-order valence-electron chi connectivity index (χ4n) is 1.96. The molecule has 1 rings (SSSR count). The van der Waals surface area contributed by atoms with E-state index in [0.717, 1.165) is 25.6 Å². The molecule has 0 saturated heterocycles. The van der Waals surface area contributed by atoms with Crippen LogP contribution in [0.15, 0.2) is 15.9 Å². The zero-order valence-corrected chi connectivity index (χ0v) is 12.9. The predicted octanol–water partition coefficient (Wildman–Crippen LogP) is 3.76. The van der Waals surface area contributed by atoms with Crippen molar-refractivity contribution in [3.63, 3.8) is 0 Å². The number of hydrogen-bond donors (Lipinski definition) is 2. The minimum Gasteiger partial charge on any atom is -0.330 e. The van der Waals surface area contributed by atoms with Crippen molar-refractivity contribution >= 4 is 27.3 Å². The van der Waals surface area contributed by atoms with Crippen molar-refractivity contribution in [3.05, 3.63) is 20.8 Å². The maximum Gasteiger partial charge on any atom is 0.0701 e. The molecule has 1 atom stereocenters. The third-order valence-electron chi connectivity index (χ3n) is 3.05. The molecule has 0 radical (unpaired) electrons. The van der Waals surface area contributed by atoms with Crippen LogP contribution in [-0.2, 0) is 6.54 Å². The van der Waals surface area contributed by atoms with Crippen LogP contribution in [0.4, 0.5) is 0 Å². The number of halogens is 1. The lowest BCUT2D eigenvalue weighted by Gasteiger charge is -2.13. The Balaban J connectivity index is 2.04. The van der Waals surface area contributed by atoms with Gasteiger partial charge in [-0.1, -0.05) is 13.3 Å². The zero-order valence-electron chi connectivity index (χ0n) is 10.5. The molecule has 0 saturated carbocycles. The van der Waals surface area contributed by atoms with Crippen LogP contribution in [-0.4, -0.2) is 13.1 Å². The Morgan fingerprint density at radius 2 is 2.24 bits per heavy atom. The summed E-state index contributed by atoms with van der Waals surface area (Å²) in [5.74, 6) is 0.817. The van der Waals surface area contributed by atoms with E-state index in [-0.39, 0.29) is 0 Å². The number of rotatable bonds is 9. The standard InChI is InChI=1S/C13H23BrN2S/c1-2-11(7-8-15)4-3-9-16-10-12-5-6-13(14)17-12/h5-6,11,16H,2-4,7-10,15H2,1H3. The summed E-state index contributed by atoms with van der Waals surface area (Å²) < 4.78 is 1.21. The SMILES string of the molecule is CCC(CCN)CCCNCc1ccc(Br)s1. The maximum absolute atomic E-state index is 5.60. The van der Waals surface area contributed by atoms with Gasteiger partial charge in [0.15, 0.2) is 0 Å². The Kier molecular flexibility index (Phi) is 8.10. The Morgan fingerprint density at radius 3 is 2.82 bits per heavy atom. The first kappa shape index (κ1) is 15.2. The molecule has 0 aromatic carbocycles. The number of thiophene rings is 1. The van der Waals surface area contributed by atoms with Crippen LogP contribution >= 0.6 is 27.3 Å². The molecule has 3 N–H and O–H groups in total. The third-order valence-corrected chi connectivity index (χ3v) is 4.67. The lowest BCUT2D eigenvalue weighted by Crippen LogP contribution is -2.16. The molecule has 0 bridgehead atoms. The molecule has 1 unspecified atom stereocenters. The second-order valence-electron chi connectivity index (χ2n) is 4.38. The summed E-state index contributed by atoms with van der Waals surface area (Å²) in [5, 5.41) is 3.49. The van der Waals surface area contributed by atoms with Crippen LogP contribution < -0.4 is 11.1 Å². The summed E-state index contributed by atoms with van der Waals surface area (Å²) in [6, 6.07) is 4.28. The quantitative estimate of drug-likeness (QED) is 0.680. The normalized spacial score (nSPS) is 12.9. The molecule has 0 aliphatic rings. The molecule has 0 amide bonds. The summed E-state index contributed by atoms with van der Waals surface area (Å²) in [7, 11) is 0. The summed E-state index contributed by atoms with van der Waals surface area (Å²) in [5.41, 5.74) is 5.60. The monoisotopic (exact) mass is 318 g/mol. The van der Waals surface area contributed by atoms with E-state index < -0.39 is 0 Å². The highest BCUT2D eigenvalue weighted by Gasteiger charge is 2.04. The van der Waals surface area contributed by atoms with Gasteiger partial charge in [-0.05, 0) is 66.3 Å². The van der Waals surface area contributed by atoms with Crippen LogP contribution in [0.3, 0.4) is 0 Å². The maximum atomic E-state index is 5.60. The van der Waals surface area contributed by atoms with Gasteiger partial charge in [0.25, 0.3) is 0 Å². The van der Waals surface area contributed by atoms with Crippen LogP contribution in [0.5, 0.6) is 0 Å². The Morgan fingerprint density at radius 1 is 1.41 bits per heavy atom. The third kappa shape index (κ3) is 6.55. The number of nitrogens with two attached hydrogens (primary N) is 1. The highest BCUT2D eigenvalue weighted by Crippen LogP contribution is 2.21. The average Bonchev–Trinajstić information content (AvgIpc) is 2.73. The van der Waals surface area contributed by atoms with Crippen LogP contribution in [0.1, 0.15) is 37.5 Å². The molecule has 1 aromatic heterocycles. The Hall–Kier alpha value is 0.1000. The second kappa shape index (κ2) is 9.09. The topological polar surface area (TPSA) is 38.0 Å². The van der Waals surface area contributed by atoms with Gasteiger partial charge in [-0.25, -0.2) is 0 Å². The van der Waals surface area contributed by atoms with Crippen molar-refractivity contribution in [2.24, 2.45) is 11.7 Å². The first-order chi connectivity index (χ1) is 8.26. The van der Waals surface area contributed by atoms with Crippen LogP contribution in [0.25, 0.3) is 0 Å². The van der Waals surface area contributed by atoms with E-state index in [1.807, 2.05) is 0 Å². The Bertz CT molecular complexity index is 301. The zero-order chi connectivity index (χ0) is 12.5. The first-order valence-corrected chi connectivity index (χ1v) is 8.02. The summed E-state index contributed by atoms with van der Waals surface area (Å²) in [4.78, 5) is 1.39. The molecule has 4 heteroatoms. The average molecular weight is 319 g/mol. The molecule has 1 heterocycles. The van der Waals surface area contributed by atoms with Crippen molar-refractivity contribution in [1.29, 1.82) is 0 Å². The van der Waals surface area contributed by atoms with Crippen LogP contribution in [0.2, 0.25) is 0 Å². The van der Waals surface area contributed by atoms with Gasteiger partial charge >= 0.3 is 0 Å². The second-order valence-corrected chi connectivity index (χ2v) is 6.92. The summed E-state index contributed by atoms with van der Waals surface area (Å²) >= 11 is 5.28. The van der Waals surface area contributed by atoms with Gasteiger partial charge in [0.2, 0.25) is 0 Å². The van der Waals surface area contributed by atoms with Gasteiger partial charge in [0.05, 0.1) is 3.79 Å². The predicted molar refractivity (Wildman–Crippen MR) is 80.4 cm³/mol. The lowest BCUT2D eigenvalue weighted by atomic mass is 9.97. The minimum absolute atomic E-state index is 0.817. The van der Waals surface area contributed by atoms with Gasteiger partial charge in [-0.2, -0.15) is 0 Å². The molecule has 0 aliphatic carbocycles. The molecule has 1 aromatic rings. The van der Waals surface area contributed by atoms with Crippen molar-refractivity contribution < 1.29 is 0 Å². The van der Waals surface area contributed by atoms with E-state index >= 15 is 0 Å². The molecule has 17 heavy (non-hydrogen) atoms. The van der Waals surface area contributed by atoms with Gasteiger partial charge in [-0.3, -0.25) is 0 Å². The number of hydrogen-bond acceptors (Lipinski definition) is 3. The molecular weight excluding hydrogens is 296 g/mol. The van der Waals surface area contributed by atoms with E-state index in [9.17, 15) is 0 Å². The first-order valence-electron chi connectivity index (χ1n) is 6.41. The largest absolute Gasteiger partial charge is 0.330 e. The molecule has 0 fully saturated rings. The van der Waals surface area contributed by atoms with Gasteiger partial charge in [0.1, 0.15) is 0 Å².